The number of rotatable bonds is 36. The van der Waals surface area contributed by atoms with Crippen LogP contribution in [0.3, 0.4) is 0 Å². The fraction of sp³-hybridized carbons (Fsp3) is 0.510. The Hall–Kier alpha value is -4.45. The summed E-state index contributed by atoms with van der Waals surface area (Å²) in [6, 6.07) is 0. The average Bonchev–Trinajstić information content (AvgIpc) is 3.21. The Morgan fingerprint density at radius 3 is 1.44 bits per heavy atom. The first-order valence-corrected chi connectivity index (χ1v) is 21.8. The summed E-state index contributed by atoms with van der Waals surface area (Å²) in [6.45, 7) is 6.14. The lowest BCUT2D eigenvalue weighted by atomic mass is 10.1. The number of hydrogen-bond acceptors (Lipinski definition) is 6. The third-order valence-corrected chi connectivity index (χ3v) is 8.35. The molecular formula is C51H76O6. The van der Waals surface area contributed by atoms with Gasteiger partial charge >= 0.3 is 17.9 Å². The summed E-state index contributed by atoms with van der Waals surface area (Å²) < 4.78 is 16.5. The van der Waals surface area contributed by atoms with Crippen LogP contribution in [0.4, 0.5) is 0 Å². The van der Waals surface area contributed by atoms with E-state index in [-0.39, 0.29) is 44.4 Å². The van der Waals surface area contributed by atoms with Crippen LogP contribution in [0.25, 0.3) is 0 Å². The molecule has 0 bridgehead atoms. The highest BCUT2D eigenvalue weighted by atomic mass is 16.6. The topological polar surface area (TPSA) is 78.9 Å². The van der Waals surface area contributed by atoms with Gasteiger partial charge in [0, 0.05) is 12.8 Å². The predicted octanol–water partition coefficient (Wildman–Crippen LogP) is 14.0. The third kappa shape index (κ3) is 42.5. The van der Waals surface area contributed by atoms with Crippen molar-refractivity contribution in [2.45, 2.75) is 155 Å². The molecule has 0 heterocycles. The molecule has 0 rings (SSSR count). The molecule has 0 aromatic rings. The maximum atomic E-state index is 12.7. The monoisotopic (exact) mass is 785 g/mol. The van der Waals surface area contributed by atoms with E-state index in [2.05, 4.69) is 69.4 Å². The van der Waals surface area contributed by atoms with Gasteiger partial charge in [0.15, 0.2) is 6.10 Å². The number of esters is 3. The molecule has 0 saturated heterocycles. The summed E-state index contributed by atoms with van der Waals surface area (Å²) in [5, 5.41) is 0. The molecule has 0 aliphatic heterocycles. The average molecular weight is 785 g/mol. The summed E-state index contributed by atoms with van der Waals surface area (Å²) in [4.78, 5) is 37.6. The first-order valence-electron chi connectivity index (χ1n) is 21.8. The van der Waals surface area contributed by atoms with Crippen LogP contribution in [0.1, 0.15) is 149 Å². The van der Waals surface area contributed by atoms with Gasteiger partial charge in [0.1, 0.15) is 13.2 Å². The quantitative estimate of drug-likeness (QED) is 0.0207. The van der Waals surface area contributed by atoms with Crippen molar-refractivity contribution in [3.8, 4) is 0 Å². The molecule has 57 heavy (non-hydrogen) atoms. The number of hydrogen-bond donors (Lipinski definition) is 0. The van der Waals surface area contributed by atoms with Gasteiger partial charge in [-0.1, -0.05) is 193 Å². The van der Waals surface area contributed by atoms with E-state index in [1.54, 1.807) is 6.08 Å². The van der Waals surface area contributed by atoms with Gasteiger partial charge in [0.2, 0.25) is 0 Å². The Morgan fingerprint density at radius 2 is 0.842 bits per heavy atom. The van der Waals surface area contributed by atoms with Crippen molar-refractivity contribution in [1.29, 1.82) is 0 Å². The first-order chi connectivity index (χ1) is 28.0. The molecule has 6 nitrogen and oxygen atoms in total. The third-order valence-electron chi connectivity index (χ3n) is 8.35. The Labute approximate surface area is 347 Å². The summed E-state index contributed by atoms with van der Waals surface area (Å²) >= 11 is 0. The van der Waals surface area contributed by atoms with Crippen LogP contribution in [-0.2, 0) is 28.6 Å². The normalized spacial score (nSPS) is 13.4. The minimum atomic E-state index is -0.839. The number of ether oxygens (including phenoxy) is 3. The largest absolute Gasteiger partial charge is 0.462 e. The Morgan fingerprint density at radius 1 is 0.404 bits per heavy atom. The van der Waals surface area contributed by atoms with Crippen LogP contribution in [-0.4, -0.2) is 37.2 Å². The SMILES string of the molecule is CC\C=C/C=C\C=C/C=C\C=C\C=C/C=C\CCCCCC(=O)OCC(COC(=O)C/C=C\C/C=C\C/C=C\CC)OC(=O)CCCCCCC/C=C\CCCC. The van der Waals surface area contributed by atoms with E-state index in [1.165, 1.54) is 12.8 Å². The van der Waals surface area contributed by atoms with Gasteiger partial charge < -0.3 is 14.2 Å². The molecule has 1 atom stereocenters. The fourth-order valence-corrected chi connectivity index (χ4v) is 5.11. The minimum absolute atomic E-state index is 0.118. The fourth-order valence-electron chi connectivity index (χ4n) is 5.11. The van der Waals surface area contributed by atoms with Crippen molar-refractivity contribution >= 4 is 17.9 Å². The molecule has 0 fully saturated rings. The molecule has 0 aliphatic rings. The standard InChI is InChI=1S/C51H76O6/c1-4-7-10-13-16-19-21-22-23-24-25-26-27-28-30-32-35-38-41-44-50(53)56-47-48(46-55-49(52)43-40-37-34-31-18-15-12-9-6-3)57-51(54)45-42-39-36-33-29-20-17-14-11-8-5-2/h7,9-10,12-14,16-19,21-28,30-31,37,40,48H,4-6,8,11,15,20,29,32-36,38-39,41-47H2,1-3H3/b10-7-,12-9-,16-13-,17-14-,21-19-,23-22-,25-24+,27-26-,30-28-,31-18-,40-37-. The summed E-state index contributed by atoms with van der Waals surface area (Å²) in [5.41, 5.74) is 0. The molecule has 6 heteroatoms. The number of unbranched alkanes of at least 4 members (excludes halogenated alkanes) is 10. The summed E-state index contributed by atoms with van der Waals surface area (Å²) in [5.74, 6) is -1.14. The van der Waals surface area contributed by atoms with E-state index in [0.717, 1.165) is 89.9 Å². The van der Waals surface area contributed by atoms with Gasteiger partial charge in [-0.15, -0.1) is 0 Å². The maximum absolute atomic E-state index is 12.7. The molecule has 0 aliphatic carbocycles. The first kappa shape index (κ1) is 52.6. The lowest BCUT2D eigenvalue weighted by molar-refractivity contribution is -0.166. The molecule has 0 aromatic carbocycles. The van der Waals surface area contributed by atoms with Crippen molar-refractivity contribution in [3.63, 3.8) is 0 Å². The van der Waals surface area contributed by atoms with E-state index >= 15 is 0 Å². The molecule has 316 valence electrons. The highest BCUT2D eigenvalue weighted by Gasteiger charge is 2.19. The lowest BCUT2D eigenvalue weighted by Crippen LogP contribution is -2.30. The van der Waals surface area contributed by atoms with Crippen molar-refractivity contribution in [2.24, 2.45) is 0 Å². The highest BCUT2D eigenvalue weighted by Crippen LogP contribution is 2.11. The summed E-state index contributed by atoms with van der Waals surface area (Å²) in [6.07, 6.45) is 61.8. The van der Waals surface area contributed by atoms with Crippen molar-refractivity contribution in [3.05, 3.63) is 134 Å². The summed E-state index contributed by atoms with van der Waals surface area (Å²) in [7, 11) is 0. The minimum Gasteiger partial charge on any atom is -0.462 e. The molecule has 0 saturated carbocycles. The molecule has 0 spiro atoms. The van der Waals surface area contributed by atoms with Gasteiger partial charge in [-0.05, 0) is 70.6 Å². The van der Waals surface area contributed by atoms with E-state index in [9.17, 15) is 14.4 Å². The van der Waals surface area contributed by atoms with Crippen LogP contribution in [0, 0.1) is 0 Å². The van der Waals surface area contributed by atoms with E-state index < -0.39 is 12.1 Å². The van der Waals surface area contributed by atoms with E-state index in [1.807, 2.05) is 79.0 Å². The lowest BCUT2D eigenvalue weighted by Gasteiger charge is -2.18. The molecule has 0 aromatic heterocycles. The zero-order chi connectivity index (χ0) is 41.5. The Kier molecular flexibility index (Phi) is 40.8. The Bertz CT molecular complexity index is 1320. The second-order valence-electron chi connectivity index (χ2n) is 13.7. The second-order valence-corrected chi connectivity index (χ2v) is 13.7. The van der Waals surface area contributed by atoms with Crippen LogP contribution < -0.4 is 0 Å². The number of allylic oxidation sites excluding steroid dienone is 21. The van der Waals surface area contributed by atoms with Gasteiger partial charge in [-0.25, -0.2) is 0 Å². The molecule has 0 radical (unpaired) electrons. The Balaban J connectivity index is 4.56. The molecular weight excluding hydrogens is 709 g/mol. The number of carbonyl (C=O) groups excluding carboxylic acids is 3. The van der Waals surface area contributed by atoms with Crippen LogP contribution in [0.2, 0.25) is 0 Å². The zero-order valence-corrected chi connectivity index (χ0v) is 35.8. The van der Waals surface area contributed by atoms with E-state index in [0.29, 0.717) is 6.42 Å². The van der Waals surface area contributed by atoms with Gasteiger partial charge in [-0.2, -0.15) is 0 Å². The van der Waals surface area contributed by atoms with Crippen LogP contribution in [0.5, 0.6) is 0 Å². The molecule has 0 amide bonds. The predicted molar refractivity (Wildman–Crippen MR) is 242 cm³/mol. The van der Waals surface area contributed by atoms with E-state index in [4.69, 9.17) is 14.2 Å². The van der Waals surface area contributed by atoms with Gasteiger partial charge in [0.05, 0.1) is 6.42 Å². The highest BCUT2D eigenvalue weighted by molar-refractivity contribution is 5.72. The number of carbonyl (C=O) groups is 3. The van der Waals surface area contributed by atoms with Crippen LogP contribution in [0.15, 0.2) is 134 Å². The van der Waals surface area contributed by atoms with Crippen molar-refractivity contribution < 1.29 is 28.6 Å². The van der Waals surface area contributed by atoms with Gasteiger partial charge in [-0.3, -0.25) is 14.4 Å². The smallest absolute Gasteiger partial charge is 0.309 e. The molecule has 1 unspecified atom stereocenters. The van der Waals surface area contributed by atoms with Crippen molar-refractivity contribution in [1.82, 2.24) is 0 Å². The second kappa shape index (κ2) is 44.3. The zero-order valence-electron chi connectivity index (χ0n) is 35.8. The van der Waals surface area contributed by atoms with Crippen LogP contribution >= 0.6 is 0 Å². The molecule has 0 N–H and O–H groups in total. The van der Waals surface area contributed by atoms with Gasteiger partial charge in [0.25, 0.3) is 0 Å². The maximum Gasteiger partial charge on any atom is 0.309 e. The van der Waals surface area contributed by atoms with Crippen molar-refractivity contribution in [2.75, 3.05) is 13.2 Å².